The maximum Gasteiger partial charge on any atom is 0.0599 e. The second kappa shape index (κ2) is 5.98. The molecule has 0 radical (unpaired) electrons. The van der Waals surface area contributed by atoms with Gasteiger partial charge in [-0.15, -0.1) is 11.3 Å². The number of nitrogens with one attached hydrogen (secondary N) is 1. The summed E-state index contributed by atoms with van der Waals surface area (Å²) in [5, 5.41) is 6.90. The maximum atomic E-state index is 3.67. The lowest BCUT2D eigenvalue weighted by Gasteiger charge is -2.19. The van der Waals surface area contributed by atoms with Crippen LogP contribution in [0.5, 0.6) is 0 Å². The van der Waals surface area contributed by atoms with Crippen molar-refractivity contribution in [3.05, 3.63) is 67.9 Å². The molecule has 4 heteroatoms. The first kappa shape index (κ1) is 14.3. The number of rotatable bonds is 3. The molecule has 0 aliphatic heterocycles. The Balaban J connectivity index is 2.16. The van der Waals surface area contributed by atoms with Crippen LogP contribution in [-0.4, -0.2) is 7.05 Å². The van der Waals surface area contributed by atoms with Gasteiger partial charge in [0, 0.05) is 13.6 Å². The SMILES string of the molecule is CNC(c1ccc(Br)cc1Br)c1cccc2ccsc12. The summed E-state index contributed by atoms with van der Waals surface area (Å²) in [5.74, 6) is 0. The Morgan fingerprint density at radius 2 is 1.90 bits per heavy atom. The molecule has 20 heavy (non-hydrogen) atoms. The van der Waals surface area contributed by atoms with Crippen LogP contribution in [0.1, 0.15) is 17.2 Å². The Labute approximate surface area is 139 Å². The molecule has 1 aromatic heterocycles. The van der Waals surface area contributed by atoms with E-state index in [9.17, 15) is 0 Å². The van der Waals surface area contributed by atoms with Gasteiger partial charge in [-0.2, -0.15) is 0 Å². The zero-order valence-corrected chi connectivity index (χ0v) is 14.8. The van der Waals surface area contributed by atoms with E-state index in [1.807, 2.05) is 7.05 Å². The highest BCUT2D eigenvalue weighted by atomic mass is 79.9. The molecule has 3 aromatic rings. The zero-order chi connectivity index (χ0) is 14.1. The molecule has 0 bridgehead atoms. The number of thiophene rings is 1. The van der Waals surface area contributed by atoms with Crippen molar-refractivity contribution in [1.29, 1.82) is 0 Å². The molecule has 1 unspecified atom stereocenters. The highest BCUT2D eigenvalue weighted by Gasteiger charge is 2.17. The minimum absolute atomic E-state index is 0.180. The summed E-state index contributed by atoms with van der Waals surface area (Å²) in [4.78, 5) is 0. The van der Waals surface area contributed by atoms with E-state index < -0.39 is 0 Å². The molecule has 0 saturated heterocycles. The van der Waals surface area contributed by atoms with Crippen molar-refractivity contribution in [2.75, 3.05) is 7.05 Å². The predicted octanol–water partition coefficient (Wildman–Crippen LogP) is 5.74. The molecule has 102 valence electrons. The predicted molar refractivity (Wildman–Crippen MR) is 94.6 cm³/mol. The van der Waals surface area contributed by atoms with Crippen LogP contribution >= 0.6 is 43.2 Å². The van der Waals surface area contributed by atoms with Crippen LogP contribution in [0.2, 0.25) is 0 Å². The van der Waals surface area contributed by atoms with Gasteiger partial charge in [0.15, 0.2) is 0 Å². The van der Waals surface area contributed by atoms with Crippen molar-refractivity contribution in [2.45, 2.75) is 6.04 Å². The number of fused-ring (bicyclic) bond motifs is 1. The van der Waals surface area contributed by atoms with Gasteiger partial charge in [-0.3, -0.25) is 0 Å². The van der Waals surface area contributed by atoms with E-state index in [1.54, 1.807) is 11.3 Å². The molecular weight excluding hydrogens is 398 g/mol. The molecule has 0 amide bonds. The minimum atomic E-state index is 0.180. The van der Waals surface area contributed by atoms with Gasteiger partial charge in [0.2, 0.25) is 0 Å². The molecule has 3 rings (SSSR count). The van der Waals surface area contributed by atoms with Crippen molar-refractivity contribution >= 4 is 53.3 Å². The Bertz CT molecular complexity index is 751. The van der Waals surface area contributed by atoms with Gasteiger partial charge in [-0.25, -0.2) is 0 Å². The third-order valence-corrected chi connectivity index (χ3v) is 5.54. The highest BCUT2D eigenvalue weighted by Crippen LogP contribution is 2.35. The fourth-order valence-corrected chi connectivity index (χ4v) is 4.68. The van der Waals surface area contributed by atoms with Gasteiger partial charge >= 0.3 is 0 Å². The Morgan fingerprint density at radius 3 is 2.65 bits per heavy atom. The number of hydrogen-bond acceptors (Lipinski definition) is 2. The van der Waals surface area contributed by atoms with Crippen LogP contribution in [0, 0.1) is 0 Å². The molecule has 1 heterocycles. The fourth-order valence-electron chi connectivity index (χ4n) is 2.46. The average Bonchev–Trinajstić information content (AvgIpc) is 2.91. The standard InChI is InChI=1S/C16H13Br2NS/c1-19-15(12-6-5-11(17)9-14(12)18)13-4-2-3-10-7-8-20-16(10)13/h2-9,15,19H,1H3. The Hall–Kier alpha value is -0.680. The second-order valence-corrected chi connectivity index (χ2v) is 7.26. The van der Waals surface area contributed by atoms with Gasteiger partial charge in [-0.1, -0.05) is 56.1 Å². The van der Waals surface area contributed by atoms with E-state index in [0.29, 0.717) is 0 Å². The van der Waals surface area contributed by atoms with E-state index in [-0.39, 0.29) is 6.04 Å². The molecule has 2 aromatic carbocycles. The molecule has 1 atom stereocenters. The number of benzene rings is 2. The first-order valence-electron chi connectivity index (χ1n) is 6.29. The number of halogens is 2. The third-order valence-electron chi connectivity index (χ3n) is 3.38. The van der Waals surface area contributed by atoms with Gasteiger partial charge < -0.3 is 5.32 Å². The van der Waals surface area contributed by atoms with Crippen LogP contribution < -0.4 is 5.32 Å². The van der Waals surface area contributed by atoms with Crippen molar-refractivity contribution in [1.82, 2.24) is 5.32 Å². The summed E-state index contributed by atoms with van der Waals surface area (Å²) in [7, 11) is 2.01. The van der Waals surface area contributed by atoms with Crippen LogP contribution in [0.3, 0.4) is 0 Å². The van der Waals surface area contributed by atoms with Crippen LogP contribution in [0.15, 0.2) is 56.8 Å². The topological polar surface area (TPSA) is 12.0 Å². The monoisotopic (exact) mass is 409 g/mol. The summed E-state index contributed by atoms with van der Waals surface area (Å²) in [6, 6.07) is 15.2. The zero-order valence-electron chi connectivity index (χ0n) is 10.9. The van der Waals surface area contributed by atoms with Crippen molar-refractivity contribution in [3.8, 4) is 0 Å². The largest absolute Gasteiger partial charge is 0.309 e. The van der Waals surface area contributed by atoms with E-state index in [1.165, 1.54) is 21.2 Å². The highest BCUT2D eigenvalue weighted by molar-refractivity contribution is 9.11. The van der Waals surface area contributed by atoms with E-state index in [2.05, 4.69) is 85.0 Å². The molecule has 1 N–H and O–H groups in total. The van der Waals surface area contributed by atoms with E-state index in [4.69, 9.17) is 0 Å². The van der Waals surface area contributed by atoms with E-state index >= 15 is 0 Å². The lowest BCUT2D eigenvalue weighted by atomic mass is 9.98. The summed E-state index contributed by atoms with van der Waals surface area (Å²) >= 11 is 8.98. The van der Waals surface area contributed by atoms with E-state index in [0.717, 1.165) is 8.95 Å². The van der Waals surface area contributed by atoms with Crippen molar-refractivity contribution in [2.24, 2.45) is 0 Å². The molecule has 1 nitrogen and oxygen atoms in total. The quantitative estimate of drug-likeness (QED) is 0.580. The summed E-state index contributed by atoms with van der Waals surface area (Å²) in [6.07, 6.45) is 0. The molecular formula is C16H13Br2NS. The normalized spacial score (nSPS) is 12.8. The summed E-state index contributed by atoms with van der Waals surface area (Å²) < 4.78 is 3.54. The van der Waals surface area contributed by atoms with Gasteiger partial charge in [0.1, 0.15) is 0 Å². The first-order valence-corrected chi connectivity index (χ1v) is 8.75. The first-order chi connectivity index (χ1) is 9.70. The smallest absolute Gasteiger partial charge is 0.0599 e. The second-order valence-electron chi connectivity index (χ2n) is 4.57. The molecule has 0 aliphatic rings. The third kappa shape index (κ3) is 2.58. The van der Waals surface area contributed by atoms with Gasteiger partial charge in [0.25, 0.3) is 0 Å². The Morgan fingerprint density at radius 1 is 1.05 bits per heavy atom. The van der Waals surface area contributed by atoms with Crippen LogP contribution in [0.25, 0.3) is 10.1 Å². The van der Waals surface area contributed by atoms with Gasteiger partial charge in [-0.05, 0) is 47.1 Å². The fraction of sp³-hybridized carbons (Fsp3) is 0.125. The van der Waals surface area contributed by atoms with Gasteiger partial charge in [0.05, 0.1) is 6.04 Å². The molecule has 0 aliphatic carbocycles. The molecule has 0 saturated carbocycles. The molecule has 0 spiro atoms. The average molecular weight is 411 g/mol. The van der Waals surface area contributed by atoms with Crippen molar-refractivity contribution in [3.63, 3.8) is 0 Å². The maximum absolute atomic E-state index is 3.67. The van der Waals surface area contributed by atoms with Crippen LogP contribution in [-0.2, 0) is 0 Å². The summed E-state index contributed by atoms with van der Waals surface area (Å²) in [6.45, 7) is 0. The lowest BCUT2D eigenvalue weighted by molar-refractivity contribution is 0.694. The van der Waals surface area contributed by atoms with Crippen molar-refractivity contribution < 1.29 is 0 Å². The lowest BCUT2D eigenvalue weighted by Crippen LogP contribution is -2.18. The Kier molecular flexibility index (Phi) is 4.26. The summed E-state index contributed by atoms with van der Waals surface area (Å²) in [5.41, 5.74) is 2.57. The molecule has 0 fully saturated rings. The number of hydrogen-bond donors (Lipinski definition) is 1. The minimum Gasteiger partial charge on any atom is -0.309 e. The van der Waals surface area contributed by atoms with Crippen LogP contribution in [0.4, 0.5) is 0 Å².